The maximum Gasteiger partial charge on any atom is 0.410 e. The number of nitrogens with zero attached hydrogens (tertiary/aromatic N) is 3. The van der Waals surface area contributed by atoms with Crippen LogP contribution in [0, 0.1) is 11.7 Å². The van der Waals surface area contributed by atoms with Gasteiger partial charge in [-0.15, -0.1) is 0 Å². The number of hydrogen-bond donors (Lipinski definition) is 0. The van der Waals surface area contributed by atoms with Gasteiger partial charge in [-0.2, -0.15) is 4.98 Å². The summed E-state index contributed by atoms with van der Waals surface area (Å²) in [6.45, 7) is 7.76. The summed E-state index contributed by atoms with van der Waals surface area (Å²) in [5.41, 5.74) is 2.09. The number of hydrogen-bond acceptors (Lipinski definition) is 4. The van der Waals surface area contributed by atoms with Crippen molar-refractivity contribution in [1.82, 2.24) is 14.5 Å². The van der Waals surface area contributed by atoms with E-state index in [1.54, 1.807) is 11.0 Å². The standard InChI is InChI=1S/C24H28FN3O3/c1-24(2,3)31-23(29)27-12-11-18(14-27)16-30-22-26-20-9-4-5-10-21(20)28(22)15-17-7-6-8-19(25)13-17/h4-10,13,18H,11-12,14-16H2,1-3H3/t18-/m1/s1. The zero-order chi connectivity index (χ0) is 22.0. The molecule has 1 aliphatic heterocycles. The summed E-state index contributed by atoms with van der Waals surface area (Å²) in [5, 5.41) is 0. The monoisotopic (exact) mass is 425 g/mol. The Morgan fingerprint density at radius 2 is 2.00 bits per heavy atom. The molecule has 0 saturated carbocycles. The molecule has 0 N–H and O–H groups in total. The van der Waals surface area contributed by atoms with Gasteiger partial charge in [-0.1, -0.05) is 24.3 Å². The molecule has 1 aromatic heterocycles. The maximum atomic E-state index is 13.7. The molecule has 4 rings (SSSR count). The van der Waals surface area contributed by atoms with Gasteiger partial charge in [0.25, 0.3) is 6.01 Å². The number of carbonyl (C=O) groups excluding carboxylic acids is 1. The first-order chi connectivity index (χ1) is 14.8. The van der Waals surface area contributed by atoms with Gasteiger partial charge in [0.15, 0.2) is 0 Å². The minimum atomic E-state index is -0.507. The topological polar surface area (TPSA) is 56.6 Å². The third kappa shape index (κ3) is 5.16. The van der Waals surface area contributed by atoms with Gasteiger partial charge in [0, 0.05) is 19.0 Å². The first-order valence-corrected chi connectivity index (χ1v) is 10.6. The second-order valence-electron chi connectivity index (χ2n) is 8.99. The number of aromatic nitrogens is 2. The number of ether oxygens (including phenoxy) is 2. The number of halogens is 1. The summed E-state index contributed by atoms with van der Waals surface area (Å²) < 4.78 is 27.2. The first-order valence-electron chi connectivity index (χ1n) is 10.6. The molecule has 0 bridgehead atoms. The van der Waals surface area contributed by atoms with Crippen molar-refractivity contribution < 1.29 is 18.7 Å². The molecule has 3 aromatic rings. The third-order valence-electron chi connectivity index (χ3n) is 5.23. The van der Waals surface area contributed by atoms with Crippen LogP contribution in [0.4, 0.5) is 9.18 Å². The first kappa shape index (κ1) is 21.2. The van der Waals surface area contributed by atoms with Gasteiger partial charge in [0.2, 0.25) is 0 Å². The third-order valence-corrected chi connectivity index (χ3v) is 5.23. The fourth-order valence-electron chi connectivity index (χ4n) is 3.79. The average Bonchev–Trinajstić information content (AvgIpc) is 3.30. The van der Waals surface area contributed by atoms with E-state index in [0.717, 1.165) is 23.0 Å². The Kier molecular flexibility index (Phi) is 5.85. The number of amides is 1. The summed E-state index contributed by atoms with van der Waals surface area (Å²) in [6.07, 6.45) is 0.567. The van der Waals surface area contributed by atoms with Gasteiger partial charge in [-0.3, -0.25) is 4.57 Å². The summed E-state index contributed by atoms with van der Waals surface area (Å²) in [6, 6.07) is 14.8. The van der Waals surface area contributed by atoms with E-state index >= 15 is 0 Å². The molecule has 1 aliphatic rings. The Hall–Kier alpha value is -3.09. The molecule has 2 heterocycles. The van der Waals surface area contributed by atoms with E-state index in [9.17, 15) is 9.18 Å². The predicted molar refractivity (Wildman–Crippen MR) is 117 cm³/mol. The fraction of sp³-hybridized carbons (Fsp3) is 0.417. The zero-order valence-corrected chi connectivity index (χ0v) is 18.2. The van der Waals surface area contributed by atoms with Crippen molar-refractivity contribution in [2.45, 2.75) is 39.3 Å². The quantitative estimate of drug-likeness (QED) is 0.586. The molecular weight excluding hydrogens is 397 g/mol. The Balaban J connectivity index is 1.46. The van der Waals surface area contributed by atoms with E-state index in [1.807, 2.05) is 55.7 Å². The second kappa shape index (κ2) is 8.57. The zero-order valence-electron chi connectivity index (χ0n) is 18.2. The Morgan fingerprint density at radius 1 is 1.19 bits per heavy atom. The molecule has 1 fully saturated rings. The van der Waals surface area contributed by atoms with E-state index in [-0.39, 0.29) is 17.8 Å². The molecule has 31 heavy (non-hydrogen) atoms. The van der Waals surface area contributed by atoms with E-state index < -0.39 is 5.60 Å². The van der Waals surface area contributed by atoms with Crippen LogP contribution in [0.3, 0.4) is 0 Å². The van der Waals surface area contributed by atoms with Crippen LogP contribution in [0.1, 0.15) is 32.8 Å². The highest BCUT2D eigenvalue weighted by atomic mass is 19.1. The summed E-state index contributed by atoms with van der Waals surface area (Å²) in [7, 11) is 0. The molecule has 0 radical (unpaired) electrons. The Labute approximate surface area is 181 Å². The van der Waals surface area contributed by atoms with Crippen molar-refractivity contribution >= 4 is 17.1 Å². The van der Waals surface area contributed by atoms with Crippen molar-refractivity contribution in [1.29, 1.82) is 0 Å². The molecule has 7 heteroatoms. The number of likely N-dealkylation sites (tertiary alicyclic amines) is 1. The van der Waals surface area contributed by atoms with Crippen LogP contribution in [-0.2, 0) is 11.3 Å². The molecule has 2 aromatic carbocycles. The highest BCUT2D eigenvalue weighted by molar-refractivity contribution is 5.76. The molecule has 1 amide bonds. The smallest absolute Gasteiger partial charge is 0.410 e. The van der Waals surface area contributed by atoms with E-state index in [4.69, 9.17) is 9.47 Å². The molecule has 0 unspecified atom stereocenters. The SMILES string of the molecule is CC(C)(C)OC(=O)N1CC[C@@H](COc2nc3ccccc3n2Cc2cccc(F)c2)C1. The van der Waals surface area contributed by atoms with Crippen LogP contribution in [-0.4, -0.2) is 45.8 Å². The molecule has 164 valence electrons. The highest BCUT2D eigenvalue weighted by Gasteiger charge is 2.30. The minimum absolute atomic E-state index is 0.204. The van der Waals surface area contributed by atoms with E-state index in [0.29, 0.717) is 32.3 Å². The van der Waals surface area contributed by atoms with Gasteiger partial charge < -0.3 is 14.4 Å². The van der Waals surface area contributed by atoms with Crippen molar-refractivity contribution in [3.63, 3.8) is 0 Å². The normalized spacial score (nSPS) is 16.6. The highest BCUT2D eigenvalue weighted by Crippen LogP contribution is 2.25. The predicted octanol–water partition coefficient (Wildman–Crippen LogP) is 4.86. The van der Waals surface area contributed by atoms with Gasteiger partial charge >= 0.3 is 6.09 Å². The van der Waals surface area contributed by atoms with Crippen LogP contribution in [0.25, 0.3) is 11.0 Å². The summed E-state index contributed by atoms with van der Waals surface area (Å²) in [4.78, 5) is 18.7. The molecule has 1 atom stereocenters. The number of carbonyl (C=O) groups is 1. The largest absolute Gasteiger partial charge is 0.464 e. The van der Waals surface area contributed by atoms with Crippen molar-refractivity contribution in [2.75, 3.05) is 19.7 Å². The number of fused-ring (bicyclic) bond motifs is 1. The number of benzene rings is 2. The summed E-state index contributed by atoms with van der Waals surface area (Å²) in [5.74, 6) is -0.0625. The lowest BCUT2D eigenvalue weighted by Gasteiger charge is -2.24. The van der Waals surface area contributed by atoms with Crippen molar-refractivity contribution in [3.8, 4) is 6.01 Å². The van der Waals surface area contributed by atoms with Gasteiger partial charge in [0.1, 0.15) is 11.4 Å². The molecule has 6 nitrogen and oxygen atoms in total. The Morgan fingerprint density at radius 3 is 2.77 bits per heavy atom. The summed E-state index contributed by atoms with van der Waals surface area (Å²) >= 11 is 0. The lowest BCUT2D eigenvalue weighted by atomic mass is 10.1. The van der Waals surface area contributed by atoms with E-state index in [2.05, 4.69) is 4.98 Å². The number of imidazole rings is 1. The molecular formula is C24H28FN3O3. The van der Waals surface area contributed by atoms with Crippen LogP contribution in [0.15, 0.2) is 48.5 Å². The van der Waals surface area contributed by atoms with Crippen LogP contribution in [0.5, 0.6) is 6.01 Å². The van der Waals surface area contributed by atoms with Crippen molar-refractivity contribution in [3.05, 3.63) is 59.9 Å². The lowest BCUT2D eigenvalue weighted by Crippen LogP contribution is -2.35. The van der Waals surface area contributed by atoms with Gasteiger partial charge in [-0.25, -0.2) is 9.18 Å². The number of rotatable bonds is 5. The van der Waals surface area contributed by atoms with Gasteiger partial charge in [0.05, 0.1) is 24.2 Å². The lowest BCUT2D eigenvalue weighted by molar-refractivity contribution is 0.0284. The number of para-hydroxylation sites is 2. The molecule has 1 saturated heterocycles. The van der Waals surface area contributed by atoms with Gasteiger partial charge in [-0.05, 0) is 57.0 Å². The van der Waals surface area contributed by atoms with E-state index in [1.165, 1.54) is 12.1 Å². The van der Waals surface area contributed by atoms with Crippen LogP contribution in [0.2, 0.25) is 0 Å². The Bertz CT molecular complexity index is 1070. The molecule has 0 aliphatic carbocycles. The molecule has 0 spiro atoms. The minimum Gasteiger partial charge on any atom is -0.464 e. The maximum absolute atomic E-state index is 13.7. The van der Waals surface area contributed by atoms with Crippen LogP contribution < -0.4 is 4.74 Å². The fourth-order valence-corrected chi connectivity index (χ4v) is 3.79. The van der Waals surface area contributed by atoms with Crippen LogP contribution >= 0.6 is 0 Å². The van der Waals surface area contributed by atoms with Crippen molar-refractivity contribution in [2.24, 2.45) is 5.92 Å². The average molecular weight is 426 g/mol. The second-order valence-corrected chi connectivity index (χ2v) is 8.99.